The fraction of sp³-hybridized carbons (Fsp3) is 0.421. The van der Waals surface area contributed by atoms with Crippen LogP contribution in [0, 0.1) is 0 Å². The molecule has 1 aromatic rings. The fourth-order valence-electron chi connectivity index (χ4n) is 3.97. The zero-order valence-electron chi connectivity index (χ0n) is 15.1. The summed E-state index contributed by atoms with van der Waals surface area (Å²) >= 11 is 0. The van der Waals surface area contributed by atoms with Crippen LogP contribution in [0.25, 0.3) is 0 Å². The maximum atomic E-state index is 12.7. The quantitative estimate of drug-likeness (QED) is 0.674. The molecule has 1 aliphatic carbocycles. The second-order valence-corrected chi connectivity index (χ2v) is 7.31. The Morgan fingerprint density at radius 2 is 1.71 bits per heavy atom. The summed E-state index contributed by atoms with van der Waals surface area (Å²) in [6.45, 7) is 0. The monoisotopic (exact) mass is 384 g/mol. The van der Waals surface area contributed by atoms with Gasteiger partial charge in [0, 0.05) is 11.7 Å². The van der Waals surface area contributed by atoms with Gasteiger partial charge in [-0.25, -0.2) is 4.79 Å². The third-order valence-corrected chi connectivity index (χ3v) is 5.37. The van der Waals surface area contributed by atoms with E-state index >= 15 is 0 Å². The van der Waals surface area contributed by atoms with Crippen LogP contribution in [0.1, 0.15) is 59.2 Å². The molecule has 4 rings (SSSR count). The predicted octanol–water partition coefficient (Wildman–Crippen LogP) is 1.15. The van der Waals surface area contributed by atoms with Gasteiger partial charge in [0.2, 0.25) is 11.8 Å². The molecule has 0 bridgehead atoms. The zero-order valence-corrected chi connectivity index (χ0v) is 15.1. The van der Waals surface area contributed by atoms with Gasteiger partial charge in [0.15, 0.2) is 0 Å². The molecular formula is C19H20N4O5. The first-order valence-corrected chi connectivity index (χ1v) is 9.37. The number of hydrogen-bond acceptors (Lipinski definition) is 5. The Balaban J connectivity index is 1.48. The average molecular weight is 384 g/mol. The van der Waals surface area contributed by atoms with Crippen LogP contribution in [0.3, 0.4) is 0 Å². The molecule has 2 heterocycles. The number of hydrogen-bond donors (Lipinski definition) is 3. The van der Waals surface area contributed by atoms with E-state index in [2.05, 4.69) is 16.0 Å². The van der Waals surface area contributed by atoms with Gasteiger partial charge in [-0.1, -0.05) is 19.3 Å². The van der Waals surface area contributed by atoms with E-state index in [4.69, 9.17) is 0 Å². The van der Waals surface area contributed by atoms with E-state index in [-0.39, 0.29) is 29.6 Å². The summed E-state index contributed by atoms with van der Waals surface area (Å²) in [5.41, 5.74) is 0.630. The third-order valence-electron chi connectivity index (χ3n) is 5.37. The highest BCUT2D eigenvalue weighted by Gasteiger charge is 2.46. The van der Waals surface area contributed by atoms with Crippen LogP contribution >= 0.6 is 0 Å². The Bertz CT molecular complexity index is 890. The van der Waals surface area contributed by atoms with Crippen molar-refractivity contribution in [2.45, 2.75) is 50.6 Å². The molecule has 1 saturated carbocycles. The topological polar surface area (TPSA) is 125 Å². The number of nitrogens with zero attached hydrogens (tertiary/aromatic N) is 1. The molecule has 1 aromatic carbocycles. The van der Waals surface area contributed by atoms with Gasteiger partial charge in [-0.3, -0.25) is 29.4 Å². The smallest absolute Gasteiger partial charge is 0.319 e. The Kier molecular flexibility index (Phi) is 4.58. The number of amides is 6. The van der Waals surface area contributed by atoms with E-state index < -0.39 is 29.7 Å². The number of rotatable bonds is 3. The van der Waals surface area contributed by atoms with Gasteiger partial charge in [0.05, 0.1) is 17.5 Å². The second kappa shape index (κ2) is 7.06. The Labute approximate surface area is 160 Å². The van der Waals surface area contributed by atoms with E-state index in [1.807, 2.05) is 0 Å². The van der Waals surface area contributed by atoms with Crippen LogP contribution in [-0.2, 0) is 9.59 Å². The molecule has 0 radical (unpaired) electrons. The lowest BCUT2D eigenvalue weighted by Gasteiger charge is -2.22. The summed E-state index contributed by atoms with van der Waals surface area (Å²) in [4.78, 5) is 61.5. The molecule has 1 saturated heterocycles. The van der Waals surface area contributed by atoms with E-state index in [9.17, 15) is 24.0 Å². The number of nitrogens with one attached hydrogen (secondary N) is 3. The molecule has 2 aliphatic heterocycles. The molecule has 28 heavy (non-hydrogen) atoms. The molecule has 6 amide bonds. The maximum Gasteiger partial charge on any atom is 0.319 e. The molecule has 0 spiro atoms. The van der Waals surface area contributed by atoms with Crippen LogP contribution in [0.15, 0.2) is 18.2 Å². The number of fused-ring (bicyclic) bond motifs is 1. The van der Waals surface area contributed by atoms with E-state index in [1.54, 1.807) is 0 Å². The molecular weight excluding hydrogens is 364 g/mol. The summed E-state index contributed by atoms with van der Waals surface area (Å²) in [6.07, 6.45) is 5.02. The third kappa shape index (κ3) is 3.23. The highest BCUT2D eigenvalue weighted by atomic mass is 16.2. The first-order valence-electron chi connectivity index (χ1n) is 9.37. The number of benzene rings is 1. The van der Waals surface area contributed by atoms with Crippen LogP contribution in [-0.4, -0.2) is 46.6 Å². The van der Waals surface area contributed by atoms with Gasteiger partial charge in [-0.05, 0) is 31.0 Å². The van der Waals surface area contributed by atoms with Crippen molar-refractivity contribution in [2.24, 2.45) is 0 Å². The second-order valence-electron chi connectivity index (χ2n) is 7.31. The van der Waals surface area contributed by atoms with Crippen molar-refractivity contribution in [1.29, 1.82) is 0 Å². The Morgan fingerprint density at radius 1 is 1.00 bits per heavy atom. The molecule has 9 heteroatoms. The lowest BCUT2D eigenvalue weighted by Crippen LogP contribution is -2.44. The highest BCUT2D eigenvalue weighted by molar-refractivity contribution is 6.24. The van der Waals surface area contributed by atoms with E-state index in [0.29, 0.717) is 5.69 Å². The minimum Gasteiger partial charge on any atom is -0.335 e. The van der Waals surface area contributed by atoms with Crippen molar-refractivity contribution in [3.05, 3.63) is 29.3 Å². The maximum absolute atomic E-state index is 12.7. The van der Waals surface area contributed by atoms with Gasteiger partial charge in [0.25, 0.3) is 11.8 Å². The predicted molar refractivity (Wildman–Crippen MR) is 97.5 cm³/mol. The van der Waals surface area contributed by atoms with Gasteiger partial charge >= 0.3 is 6.03 Å². The van der Waals surface area contributed by atoms with Crippen molar-refractivity contribution in [3.63, 3.8) is 0 Å². The Morgan fingerprint density at radius 3 is 2.39 bits per heavy atom. The van der Waals surface area contributed by atoms with Crippen molar-refractivity contribution in [2.75, 3.05) is 5.32 Å². The number of anilines is 1. The van der Waals surface area contributed by atoms with Crippen LogP contribution in [0.5, 0.6) is 0 Å². The van der Waals surface area contributed by atoms with Crippen molar-refractivity contribution in [3.8, 4) is 0 Å². The number of urea groups is 1. The molecule has 0 aromatic heterocycles. The highest BCUT2D eigenvalue weighted by Crippen LogP contribution is 2.29. The van der Waals surface area contributed by atoms with Crippen molar-refractivity contribution >= 4 is 35.3 Å². The van der Waals surface area contributed by atoms with Gasteiger partial charge < -0.3 is 10.6 Å². The summed E-state index contributed by atoms with van der Waals surface area (Å²) in [5, 5.41) is 7.70. The molecule has 9 nitrogen and oxygen atoms in total. The lowest BCUT2D eigenvalue weighted by molar-refractivity contribution is -0.125. The minimum atomic E-state index is -1.13. The fourth-order valence-corrected chi connectivity index (χ4v) is 3.97. The molecule has 3 N–H and O–H groups in total. The largest absolute Gasteiger partial charge is 0.335 e. The molecule has 1 atom stereocenters. The van der Waals surface area contributed by atoms with Gasteiger partial charge in [-0.2, -0.15) is 0 Å². The van der Waals surface area contributed by atoms with Crippen LogP contribution in [0.4, 0.5) is 10.5 Å². The molecule has 2 fully saturated rings. The summed E-state index contributed by atoms with van der Waals surface area (Å²) in [6, 6.07) is 3.05. The zero-order chi connectivity index (χ0) is 19.8. The van der Waals surface area contributed by atoms with E-state index in [0.717, 1.165) is 30.6 Å². The SMILES string of the molecule is O=C1CC(N2C(=O)c3ccc(NC(=O)NC4CCCCC4)cc3C2=O)C(=O)N1. The van der Waals surface area contributed by atoms with Crippen molar-refractivity contribution < 1.29 is 24.0 Å². The van der Waals surface area contributed by atoms with E-state index in [1.165, 1.54) is 24.6 Å². The molecule has 3 aliphatic rings. The normalized spacial score (nSPS) is 22.3. The minimum absolute atomic E-state index is 0.104. The van der Waals surface area contributed by atoms with Crippen LogP contribution in [0.2, 0.25) is 0 Å². The Hall–Kier alpha value is -3.23. The standard InChI is InChI=1S/C19H20N4O5/c24-15-9-14(16(25)22-15)23-17(26)12-7-6-11(8-13(12)18(23)27)21-19(28)20-10-4-2-1-3-5-10/h6-8,10,14H,1-5,9H2,(H2,20,21,28)(H,22,24,25). The number of imide groups is 2. The van der Waals surface area contributed by atoms with Gasteiger partial charge in [-0.15, -0.1) is 0 Å². The van der Waals surface area contributed by atoms with Crippen molar-refractivity contribution in [1.82, 2.24) is 15.5 Å². The number of carbonyl (C=O) groups excluding carboxylic acids is 5. The summed E-state index contributed by atoms with van der Waals surface area (Å²) < 4.78 is 0. The first-order chi connectivity index (χ1) is 13.4. The first kappa shape index (κ1) is 18.1. The number of carbonyl (C=O) groups is 5. The van der Waals surface area contributed by atoms with Crippen LogP contribution < -0.4 is 16.0 Å². The molecule has 146 valence electrons. The summed E-state index contributed by atoms with van der Waals surface area (Å²) in [7, 11) is 0. The summed E-state index contributed by atoms with van der Waals surface area (Å²) in [5.74, 6) is -2.45. The average Bonchev–Trinajstić information content (AvgIpc) is 3.11. The lowest BCUT2D eigenvalue weighted by atomic mass is 9.96. The van der Waals surface area contributed by atoms with Gasteiger partial charge in [0.1, 0.15) is 6.04 Å². The molecule has 1 unspecified atom stereocenters.